The summed E-state index contributed by atoms with van der Waals surface area (Å²) >= 11 is 6.07. The van der Waals surface area contributed by atoms with E-state index in [9.17, 15) is 27.9 Å². The number of likely N-dealkylation sites (tertiary alicyclic amines) is 1. The minimum absolute atomic E-state index is 0.0892. The van der Waals surface area contributed by atoms with Crippen LogP contribution < -0.4 is 0 Å². The van der Waals surface area contributed by atoms with Gasteiger partial charge < -0.3 is 19.5 Å². The third-order valence-electron chi connectivity index (χ3n) is 7.03. The number of amides is 2. The Balaban J connectivity index is 1.66. The lowest BCUT2D eigenvalue weighted by atomic mass is 9.73. The quantitative estimate of drug-likeness (QED) is 0.587. The standard InChI is InChI=1S/C24H29ClF3N5O3/c1-13-11-33-19(15-8-6-10-31(22(35)36)18(15)23(2,3)4)29-30-20(33)21(34)32(13)12-14-7-5-9-16(17(14)25)24(26,27)28/h5,7,9,13,15,18H,6,8,10-12H2,1-4H3,(H,35,36)/t13-,15?,18?/m0/s1. The predicted octanol–water partition coefficient (Wildman–Crippen LogP) is 5.27. The van der Waals surface area contributed by atoms with Gasteiger partial charge in [-0.25, -0.2) is 4.79 Å². The van der Waals surface area contributed by atoms with Crippen LogP contribution in [0.25, 0.3) is 0 Å². The largest absolute Gasteiger partial charge is 0.465 e. The van der Waals surface area contributed by atoms with Crippen molar-refractivity contribution < 1.29 is 27.9 Å². The summed E-state index contributed by atoms with van der Waals surface area (Å²) < 4.78 is 41.7. The summed E-state index contributed by atoms with van der Waals surface area (Å²) in [6, 6.07) is 2.92. The number of rotatable bonds is 3. The number of carbonyl (C=O) groups excluding carboxylic acids is 1. The molecule has 0 aliphatic carbocycles. The first-order chi connectivity index (χ1) is 16.7. The van der Waals surface area contributed by atoms with Crippen molar-refractivity contribution in [2.24, 2.45) is 5.41 Å². The molecule has 0 saturated carbocycles. The smallest absolute Gasteiger partial charge is 0.417 e. The minimum Gasteiger partial charge on any atom is -0.465 e. The zero-order valence-electron chi connectivity index (χ0n) is 20.5. The van der Waals surface area contributed by atoms with Crippen molar-refractivity contribution >= 4 is 23.6 Å². The van der Waals surface area contributed by atoms with Gasteiger partial charge in [-0.05, 0) is 36.8 Å². The summed E-state index contributed by atoms with van der Waals surface area (Å²) in [5, 5.41) is 17.9. The van der Waals surface area contributed by atoms with Crippen molar-refractivity contribution in [3.8, 4) is 0 Å². The molecule has 2 unspecified atom stereocenters. The summed E-state index contributed by atoms with van der Waals surface area (Å²) in [6.45, 7) is 8.40. The van der Waals surface area contributed by atoms with E-state index in [-0.39, 0.29) is 41.3 Å². The van der Waals surface area contributed by atoms with Crippen molar-refractivity contribution in [2.45, 2.75) is 77.8 Å². The molecule has 4 rings (SSSR count). The van der Waals surface area contributed by atoms with Gasteiger partial charge in [0.25, 0.3) is 5.91 Å². The molecule has 2 amide bonds. The van der Waals surface area contributed by atoms with Gasteiger partial charge in [0.05, 0.1) is 10.6 Å². The number of hydrogen-bond acceptors (Lipinski definition) is 4. The Labute approximate surface area is 212 Å². The molecule has 12 heteroatoms. The summed E-state index contributed by atoms with van der Waals surface area (Å²) in [5.74, 6) is -0.0566. The molecule has 1 aromatic heterocycles. The fraction of sp³-hybridized carbons (Fsp3) is 0.583. The highest BCUT2D eigenvalue weighted by atomic mass is 35.5. The number of alkyl halides is 3. The maximum absolute atomic E-state index is 13.4. The van der Waals surface area contributed by atoms with Crippen LogP contribution in [0.5, 0.6) is 0 Å². The van der Waals surface area contributed by atoms with Gasteiger partial charge in [-0.1, -0.05) is 44.5 Å². The minimum atomic E-state index is -4.60. The average molecular weight is 528 g/mol. The van der Waals surface area contributed by atoms with E-state index in [4.69, 9.17) is 11.6 Å². The lowest BCUT2D eigenvalue weighted by Gasteiger charge is -2.46. The number of carboxylic acid groups (broad SMARTS) is 1. The monoisotopic (exact) mass is 527 g/mol. The Bertz CT molecular complexity index is 1180. The molecule has 1 aromatic carbocycles. The maximum Gasteiger partial charge on any atom is 0.417 e. The van der Waals surface area contributed by atoms with Gasteiger partial charge in [-0.2, -0.15) is 13.2 Å². The zero-order chi connectivity index (χ0) is 26.6. The van der Waals surface area contributed by atoms with Gasteiger partial charge in [0.2, 0.25) is 5.82 Å². The van der Waals surface area contributed by atoms with Crippen LogP contribution in [0.4, 0.5) is 18.0 Å². The molecule has 0 radical (unpaired) electrons. The second-order valence-corrected chi connectivity index (χ2v) is 11.0. The molecule has 3 atom stereocenters. The lowest BCUT2D eigenvalue weighted by Crippen LogP contribution is -2.54. The number of aromatic nitrogens is 3. The van der Waals surface area contributed by atoms with Crippen LogP contribution in [-0.4, -0.2) is 60.3 Å². The SMILES string of the molecule is C[C@H]1Cn2c(nnc2C2CCCN(C(=O)O)C2C(C)(C)C)C(=O)N1Cc1cccc(C(F)(F)F)c1Cl. The summed E-state index contributed by atoms with van der Waals surface area (Å²) in [4.78, 5) is 28.3. The highest BCUT2D eigenvalue weighted by Gasteiger charge is 2.46. The summed E-state index contributed by atoms with van der Waals surface area (Å²) in [7, 11) is 0. The van der Waals surface area contributed by atoms with E-state index < -0.39 is 28.8 Å². The van der Waals surface area contributed by atoms with Crippen LogP contribution in [0.2, 0.25) is 5.02 Å². The molecule has 1 saturated heterocycles. The number of piperidine rings is 1. The normalized spacial score (nSPS) is 23.1. The molecule has 0 spiro atoms. The highest BCUT2D eigenvalue weighted by molar-refractivity contribution is 6.32. The van der Waals surface area contributed by atoms with Gasteiger partial charge in [0.15, 0.2) is 0 Å². The van der Waals surface area contributed by atoms with E-state index in [1.807, 2.05) is 20.8 Å². The average Bonchev–Trinajstić information content (AvgIpc) is 3.19. The second-order valence-electron chi connectivity index (χ2n) is 10.6. The second kappa shape index (κ2) is 9.24. The van der Waals surface area contributed by atoms with E-state index in [2.05, 4.69) is 10.2 Å². The number of carbonyl (C=O) groups is 2. The molecular weight excluding hydrogens is 499 g/mol. The molecule has 1 N–H and O–H groups in total. The third kappa shape index (κ3) is 4.65. The zero-order valence-corrected chi connectivity index (χ0v) is 21.3. The fourth-order valence-corrected chi connectivity index (χ4v) is 5.80. The summed E-state index contributed by atoms with van der Waals surface area (Å²) in [6.07, 6.45) is -4.23. The first-order valence-electron chi connectivity index (χ1n) is 11.8. The van der Waals surface area contributed by atoms with Gasteiger partial charge in [0, 0.05) is 37.6 Å². The first-order valence-corrected chi connectivity index (χ1v) is 12.2. The van der Waals surface area contributed by atoms with Crippen molar-refractivity contribution in [1.82, 2.24) is 24.6 Å². The van der Waals surface area contributed by atoms with Crippen molar-refractivity contribution in [3.05, 3.63) is 46.0 Å². The van der Waals surface area contributed by atoms with Crippen molar-refractivity contribution in [3.63, 3.8) is 0 Å². The van der Waals surface area contributed by atoms with Crippen LogP contribution >= 0.6 is 11.6 Å². The van der Waals surface area contributed by atoms with Crippen LogP contribution in [0.3, 0.4) is 0 Å². The number of fused-ring (bicyclic) bond motifs is 1. The highest BCUT2D eigenvalue weighted by Crippen LogP contribution is 2.42. The van der Waals surface area contributed by atoms with Crippen LogP contribution in [0, 0.1) is 5.41 Å². The molecule has 2 aliphatic rings. The van der Waals surface area contributed by atoms with Crippen LogP contribution in [0.15, 0.2) is 18.2 Å². The number of halogens is 4. The van der Waals surface area contributed by atoms with E-state index in [0.29, 0.717) is 31.8 Å². The molecule has 3 heterocycles. The molecule has 2 aromatic rings. The molecule has 36 heavy (non-hydrogen) atoms. The van der Waals surface area contributed by atoms with Gasteiger partial charge >= 0.3 is 12.3 Å². The Morgan fingerprint density at radius 1 is 1.22 bits per heavy atom. The fourth-order valence-electron chi connectivity index (χ4n) is 5.50. The Kier molecular flexibility index (Phi) is 6.74. The third-order valence-corrected chi connectivity index (χ3v) is 7.48. The summed E-state index contributed by atoms with van der Waals surface area (Å²) in [5.41, 5.74) is -1.14. The molecule has 2 aliphatic heterocycles. The van der Waals surface area contributed by atoms with Crippen molar-refractivity contribution in [1.29, 1.82) is 0 Å². The maximum atomic E-state index is 13.4. The van der Waals surface area contributed by atoms with E-state index in [1.165, 1.54) is 21.9 Å². The van der Waals surface area contributed by atoms with E-state index in [0.717, 1.165) is 6.07 Å². The topological polar surface area (TPSA) is 91.6 Å². The van der Waals surface area contributed by atoms with E-state index in [1.54, 1.807) is 11.5 Å². The number of benzene rings is 1. The van der Waals surface area contributed by atoms with Crippen LogP contribution in [-0.2, 0) is 19.3 Å². The molecule has 0 bridgehead atoms. The van der Waals surface area contributed by atoms with Crippen molar-refractivity contribution in [2.75, 3.05) is 6.54 Å². The Hall–Kier alpha value is -2.82. The molecule has 8 nitrogen and oxygen atoms in total. The predicted molar refractivity (Wildman–Crippen MR) is 126 cm³/mol. The Morgan fingerprint density at radius 2 is 1.92 bits per heavy atom. The molecule has 1 fully saturated rings. The van der Waals surface area contributed by atoms with Gasteiger partial charge in [0.1, 0.15) is 5.82 Å². The first kappa shape index (κ1) is 26.2. The van der Waals surface area contributed by atoms with Gasteiger partial charge in [-0.3, -0.25) is 4.79 Å². The lowest BCUT2D eigenvalue weighted by molar-refractivity contribution is -0.137. The van der Waals surface area contributed by atoms with Crippen LogP contribution in [0.1, 0.15) is 74.0 Å². The van der Waals surface area contributed by atoms with Gasteiger partial charge in [-0.15, -0.1) is 10.2 Å². The molecule has 196 valence electrons. The van der Waals surface area contributed by atoms with E-state index >= 15 is 0 Å². The molecular formula is C24H29ClF3N5O3. The Morgan fingerprint density at radius 3 is 2.53 bits per heavy atom. The number of nitrogens with zero attached hydrogens (tertiary/aromatic N) is 5. The number of hydrogen-bond donors (Lipinski definition) is 1.